The maximum atomic E-state index is 14.2. The maximum Gasteiger partial charge on any atom is 0.293 e. The number of nitrogens with zero attached hydrogens (tertiary/aromatic N) is 3. The fourth-order valence-electron chi connectivity index (χ4n) is 9.90. The van der Waals surface area contributed by atoms with Crippen molar-refractivity contribution in [3.63, 3.8) is 0 Å². The number of hydrogen-bond donors (Lipinski definition) is 2. The third-order valence-corrected chi connectivity index (χ3v) is 14.6. The van der Waals surface area contributed by atoms with Crippen LogP contribution in [-0.4, -0.2) is 61.8 Å². The van der Waals surface area contributed by atoms with Crippen molar-refractivity contribution in [3.8, 4) is 0 Å². The summed E-state index contributed by atoms with van der Waals surface area (Å²) in [5.74, 6) is 1.41. The van der Waals surface area contributed by atoms with Crippen molar-refractivity contribution in [1.29, 1.82) is 0 Å². The lowest BCUT2D eigenvalue weighted by atomic mass is 9.44. The van der Waals surface area contributed by atoms with Gasteiger partial charge in [0.1, 0.15) is 5.69 Å². The first-order chi connectivity index (χ1) is 25.8. The van der Waals surface area contributed by atoms with Crippen molar-refractivity contribution in [2.75, 3.05) is 29.9 Å². The molecule has 0 aromatic heterocycles. The molecule has 1 saturated heterocycles. The van der Waals surface area contributed by atoms with Gasteiger partial charge in [0.2, 0.25) is 0 Å². The SMILES string of the molecule is C[C@H]1[C@@H](N(C(=O)c2ccccc2)C2CCN(c3ccc(C(=O)NS(=O)(=O)c4ccc(NCC5CCCCC5)c([N+](=O)[O-])c4)cc3)CC2)C[C@@H]2C[C@@H]1C2(C)C. The van der Waals surface area contributed by atoms with Gasteiger partial charge < -0.3 is 15.1 Å². The summed E-state index contributed by atoms with van der Waals surface area (Å²) in [6, 6.07) is 20.5. The Kier molecular flexibility index (Phi) is 10.8. The van der Waals surface area contributed by atoms with Crippen molar-refractivity contribution >= 4 is 38.9 Å². The van der Waals surface area contributed by atoms with Gasteiger partial charge in [-0.2, -0.15) is 0 Å². The second kappa shape index (κ2) is 15.4. The Hall–Kier alpha value is -4.45. The predicted molar refractivity (Wildman–Crippen MR) is 210 cm³/mol. The molecule has 4 saturated carbocycles. The minimum absolute atomic E-state index is 0.118. The fourth-order valence-corrected chi connectivity index (χ4v) is 10.9. The molecule has 2 bridgehead atoms. The number of carbonyl (C=O) groups is 2. The summed E-state index contributed by atoms with van der Waals surface area (Å²) < 4.78 is 28.5. The van der Waals surface area contributed by atoms with Crippen LogP contribution in [0.15, 0.2) is 77.7 Å². The number of rotatable bonds is 11. The molecule has 1 aliphatic heterocycles. The smallest absolute Gasteiger partial charge is 0.293 e. The second-order valence-corrected chi connectivity index (χ2v) is 18.3. The van der Waals surface area contributed by atoms with Gasteiger partial charge in [0.25, 0.3) is 27.5 Å². The number of carbonyl (C=O) groups excluding carboxylic acids is 2. The number of piperidine rings is 1. The molecule has 0 unspecified atom stereocenters. The van der Waals surface area contributed by atoms with Gasteiger partial charge >= 0.3 is 0 Å². The first kappa shape index (κ1) is 37.8. The van der Waals surface area contributed by atoms with Crippen molar-refractivity contribution < 1.29 is 22.9 Å². The van der Waals surface area contributed by atoms with Gasteiger partial charge in [-0.25, -0.2) is 13.1 Å². The number of nitro groups is 1. The van der Waals surface area contributed by atoms with Crippen LogP contribution in [0.1, 0.15) is 99.3 Å². The Bertz CT molecular complexity index is 1960. The summed E-state index contributed by atoms with van der Waals surface area (Å²) in [6.45, 7) is 9.18. The molecule has 0 spiro atoms. The lowest BCUT2D eigenvalue weighted by Gasteiger charge is -2.64. The first-order valence-corrected chi connectivity index (χ1v) is 21.1. The molecular weight excluding hydrogens is 703 g/mol. The third-order valence-electron chi connectivity index (χ3n) is 13.3. The van der Waals surface area contributed by atoms with Crippen LogP contribution in [0.25, 0.3) is 0 Å². The van der Waals surface area contributed by atoms with E-state index in [-0.39, 0.29) is 39.8 Å². The average Bonchev–Trinajstić information content (AvgIpc) is 3.18. The number of fused-ring (bicyclic) bond motifs is 2. The molecule has 2 amide bonds. The van der Waals surface area contributed by atoms with E-state index in [2.05, 4.69) is 40.6 Å². The van der Waals surface area contributed by atoms with E-state index in [1.807, 2.05) is 42.5 Å². The minimum atomic E-state index is -4.38. The number of nitrogens with one attached hydrogen (secondary N) is 2. The van der Waals surface area contributed by atoms with Crippen molar-refractivity contribution in [3.05, 3.63) is 94.0 Å². The van der Waals surface area contributed by atoms with E-state index in [1.54, 1.807) is 12.1 Å². The molecule has 8 rings (SSSR count). The van der Waals surface area contributed by atoms with E-state index in [0.29, 0.717) is 35.6 Å². The molecule has 0 radical (unpaired) electrons. The van der Waals surface area contributed by atoms with Crippen LogP contribution in [0, 0.1) is 39.2 Å². The zero-order chi connectivity index (χ0) is 38.2. The van der Waals surface area contributed by atoms with E-state index >= 15 is 0 Å². The normalized spacial score (nSPS) is 24.2. The molecule has 5 aliphatic rings. The van der Waals surface area contributed by atoms with Crippen LogP contribution in [0.5, 0.6) is 0 Å². The Morgan fingerprint density at radius 2 is 1.59 bits per heavy atom. The summed E-state index contributed by atoms with van der Waals surface area (Å²) in [6.07, 6.45) is 9.56. The number of amides is 2. The fraction of sp³-hybridized carbons (Fsp3) is 0.524. The summed E-state index contributed by atoms with van der Waals surface area (Å²) in [4.78, 5) is 42.7. The van der Waals surface area contributed by atoms with Crippen molar-refractivity contribution in [1.82, 2.24) is 9.62 Å². The topological polar surface area (TPSA) is 142 Å². The van der Waals surface area contributed by atoms with Gasteiger partial charge in [-0.1, -0.05) is 58.2 Å². The lowest BCUT2D eigenvalue weighted by Crippen LogP contribution is -2.63. The van der Waals surface area contributed by atoms with Crippen molar-refractivity contribution in [2.45, 2.75) is 95.5 Å². The molecule has 4 aliphatic carbocycles. The molecule has 11 nitrogen and oxygen atoms in total. The molecule has 2 N–H and O–H groups in total. The largest absolute Gasteiger partial charge is 0.379 e. The van der Waals surface area contributed by atoms with E-state index in [9.17, 15) is 28.1 Å². The highest BCUT2D eigenvalue weighted by atomic mass is 32.2. The summed E-state index contributed by atoms with van der Waals surface area (Å²) in [5, 5.41) is 15.0. The van der Waals surface area contributed by atoms with Crippen LogP contribution < -0.4 is 14.9 Å². The highest BCUT2D eigenvalue weighted by Crippen LogP contribution is 2.62. The van der Waals surface area contributed by atoms with Gasteiger partial charge in [-0.05, 0) is 116 Å². The molecular formula is C42H53N5O6S. The lowest BCUT2D eigenvalue weighted by molar-refractivity contribution is -0.384. The van der Waals surface area contributed by atoms with E-state index < -0.39 is 20.9 Å². The van der Waals surface area contributed by atoms with Gasteiger partial charge in [-0.3, -0.25) is 19.7 Å². The van der Waals surface area contributed by atoms with Gasteiger partial charge in [-0.15, -0.1) is 0 Å². The number of sulfonamides is 1. The zero-order valence-electron chi connectivity index (χ0n) is 31.6. The summed E-state index contributed by atoms with van der Waals surface area (Å²) in [5.41, 5.74) is 2.04. The van der Waals surface area contributed by atoms with Crippen LogP contribution in [-0.2, 0) is 10.0 Å². The molecule has 5 fully saturated rings. The molecule has 3 aromatic rings. The molecule has 288 valence electrons. The number of anilines is 2. The Morgan fingerprint density at radius 3 is 2.22 bits per heavy atom. The van der Waals surface area contributed by atoms with E-state index in [0.717, 1.165) is 75.4 Å². The van der Waals surface area contributed by atoms with E-state index in [1.165, 1.54) is 25.0 Å². The Balaban J connectivity index is 0.986. The summed E-state index contributed by atoms with van der Waals surface area (Å²) >= 11 is 0. The maximum absolute atomic E-state index is 14.2. The van der Waals surface area contributed by atoms with E-state index in [4.69, 9.17) is 0 Å². The zero-order valence-corrected chi connectivity index (χ0v) is 32.4. The Labute approximate surface area is 319 Å². The van der Waals surface area contributed by atoms with Crippen LogP contribution >= 0.6 is 0 Å². The molecule has 12 heteroatoms. The molecule has 1 heterocycles. The Morgan fingerprint density at radius 1 is 0.907 bits per heavy atom. The predicted octanol–water partition coefficient (Wildman–Crippen LogP) is 7.89. The number of benzene rings is 3. The monoisotopic (exact) mass is 755 g/mol. The van der Waals surface area contributed by atoms with Crippen LogP contribution in [0.3, 0.4) is 0 Å². The van der Waals surface area contributed by atoms with Crippen molar-refractivity contribution in [2.24, 2.45) is 29.1 Å². The standard InChI is InChI=1S/C42H53N5O6S/c1-28-36-24-32(42(36,2)3)25-38(28)46(41(49)31-12-8-5-9-13-31)34-20-22-45(23-21-34)33-16-14-30(15-17-33)40(48)44-54(52,53)35-18-19-37(39(26-35)47(50)51)43-27-29-10-6-4-7-11-29/h5,8-9,12-19,26,28-29,32,34,36,38,43H,4,6-7,10-11,20-25,27H2,1-3H3,(H,44,48)/t28-,32+,36+,38+/m1/s1. The molecule has 4 atom stereocenters. The highest BCUT2D eigenvalue weighted by molar-refractivity contribution is 7.90. The molecule has 54 heavy (non-hydrogen) atoms. The number of nitro benzene ring substituents is 1. The second-order valence-electron chi connectivity index (χ2n) is 16.6. The third kappa shape index (κ3) is 7.59. The van der Waals surface area contributed by atoms with Crippen LogP contribution in [0.2, 0.25) is 0 Å². The van der Waals surface area contributed by atoms with Gasteiger partial charge in [0.15, 0.2) is 0 Å². The first-order valence-electron chi connectivity index (χ1n) is 19.7. The average molecular weight is 756 g/mol. The quantitative estimate of drug-likeness (QED) is 0.149. The van der Waals surface area contributed by atoms with Gasteiger partial charge in [0, 0.05) is 54.6 Å². The highest BCUT2D eigenvalue weighted by Gasteiger charge is 2.58. The number of hydrogen-bond acceptors (Lipinski definition) is 8. The molecule has 3 aromatic carbocycles. The van der Waals surface area contributed by atoms with Crippen LogP contribution in [0.4, 0.5) is 17.1 Å². The van der Waals surface area contributed by atoms with Gasteiger partial charge in [0.05, 0.1) is 9.82 Å². The minimum Gasteiger partial charge on any atom is -0.379 e. The summed E-state index contributed by atoms with van der Waals surface area (Å²) in [7, 11) is -4.38.